The van der Waals surface area contributed by atoms with Gasteiger partial charge in [-0.3, -0.25) is 10.1 Å². The van der Waals surface area contributed by atoms with Crippen LogP contribution in [0.1, 0.15) is 22.3 Å². The van der Waals surface area contributed by atoms with Crippen molar-refractivity contribution < 1.29 is 19.2 Å². The Morgan fingerprint density at radius 1 is 1.12 bits per heavy atom. The molecule has 32 heavy (non-hydrogen) atoms. The number of aryl methyl sites for hydroxylation is 1. The van der Waals surface area contributed by atoms with Gasteiger partial charge in [0, 0.05) is 22.2 Å². The number of nitrogens with zero attached hydrogens (tertiary/aromatic N) is 2. The number of carbonyl (C=O) groups is 1. The summed E-state index contributed by atoms with van der Waals surface area (Å²) in [6, 6.07) is 19.1. The molecule has 0 radical (unpaired) electrons. The highest BCUT2D eigenvalue weighted by molar-refractivity contribution is 6.30. The van der Waals surface area contributed by atoms with Crippen LogP contribution in [0.15, 0.2) is 77.4 Å². The van der Waals surface area contributed by atoms with Gasteiger partial charge in [-0.15, -0.1) is 0 Å². The van der Waals surface area contributed by atoms with Crippen molar-refractivity contribution in [3.8, 4) is 5.75 Å². The van der Waals surface area contributed by atoms with E-state index < -0.39 is 10.9 Å². The monoisotopic (exact) mass is 448 g/mol. The first-order chi connectivity index (χ1) is 15.4. The first kappa shape index (κ1) is 21.3. The van der Waals surface area contributed by atoms with Gasteiger partial charge in [0.1, 0.15) is 12.4 Å². The highest BCUT2D eigenvalue weighted by atomic mass is 35.5. The number of carbonyl (C=O) groups excluding carboxylic acids is 1. The van der Waals surface area contributed by atoms with Crippen LogP contribution in [-0.2, 0) is 16.1 Å². The number of hydrogen-bond donors (Lipinski definition) is 0. The van der Waals surface area contributed by atoms with E-state index in [4.69, 9.17) is 21.1 Å². The van der Waals surface area contributed by atoms with Gasteiger partial charge in [0.05, 0.1) is 4.92 Å². The molecule has 1 aliphatic heterocycles. The molecule has 3 aromatic rings. The Balaban J connectivity index is 1.52. The summed E-state index contributed by atoms with van der Waals surface area (Å²) >= 11 is 5.90. The lowest BCUT2D eigenvalue weighted by Crippen LogP contribution is -2.06. The van der Waals surface area contributed by atoms with Crippen LogP contribution >= 0.6 is 11.6 Å². The Kier molecular flexibility index (Phi) is 6.00. The highest BCUT2D eigenvalue weighted by Gasteiger charge is 2.25. The van der Waals surface area contributed by atoms with Gasteiger partial charge in [-0.25, -0.2) is 9.79 Å². The summed E-state index contributed by atoms with van der Waals surface area (Å²) in [5.74, 6) is 0.147. The van der Waals surface area contributed by atoms with E-state index in [1.54, 1.807) is 37.3 Å². The highest BCUT2D eigenvalue weighted by Crippen LogP contribution is 2.24. The van der Waals surface area contributed by atoms with Crippen LogP contribution in [0.4, 0.5) is 5.69 Å². The minimum Gasteiger partial charge on any atom is -0.489 e. The molecule has 0 saturated carbocycles. The lowest BCUT2D eigenvalue weighted by Gasteiger charge is -2.07. The normalized spacial score (nSPS) is 14.2. The lowest BCUT2D eigenvalue weighted by molar-refractivity contribution is -0.385. The maximum atomic E-state index is 12.3. The number of hydrogen-bond acceptors (Lipinski definition) is 6. The largest absolute Gasteiger partial charge is 0.489 e. The molecule has 0 N–H and O–H groups in total. The minimum absolute atomic E-state index is 0.00939. The second-order valence-corrected chi connectivity index (χ2v) is 7.52. The molecule has 8 heteroatoms. The first-order valence-electron chi connectivity index (χ1n) is 9.64. The van der Waals surface area contributed by atoms with Crippen LogP contribution in [0, 0.1) is 17.0 Å². The second kappa shape index (κ2) is 9.03. The molecule has 0 amide bonds. The molecule has 1 heterocycles. The van der Waals surface area contributed by atoms with Crippen molar-refractivity contribution in [3.63, 3.8) is 0 Å². The lowest BCUT2D eigenvalue weighted by atomic mass is 10.1. The molecule has 0 spiro atoms. The van der Waals surface area contributed by atoms with E-state index in [-0.39, 0.29) is 17.3 Å². The van der Waals surface area contributed by atoms with E-state index in [9.17, 15) is 14.9 Å². The van der Waals surface area contributed by atoms with E-state index in [1.807, 2.05) is 30.3 Å². The van der Waals surface area contributed by atoms with Crippen molar-refractivity contribution in [1.82, 2.24) is 0 Å². The summed E-state index contributed by atoms with van der Waals surface area (Å²) in [6.45, 7) is 1.99. The smallest absolute Gasteiger partial charge is 0.363 e. The Hall–Kier alpha value is -3.97. The Labute approximate surface area is 188 Å². The fourth-order valence-electron chi connectivity index (χ4n) is 3.13. The SMILES string of the molecule is Cc1cc(C2=N/C(=C\c3cccc(OCc4ccc(Cl)cc4)c3)C(=O)O2)ccc1[N+](=O)[O-]. The maximum absolute atomic E-state index is 12.3. The van der Waals surface area contributed by atoms with Crippen LogP contribution in [0.3, 0.4) is 0 Å². The number of halogens is 1. The molecule has 0 bridgehead atoms. The Morgan fingerprint density at radius 2 is 1.91 bits per heavy atom. The summed E-state index contributed by atoms with van der Waals surface area (Å²) < 4.78 is 11.1. The average molecular weight is 449 g/mol. The van der Waals surface area contributed by atoms with Crippen LogP contribution in [0.5, 0.6) is 5.75 Å². The van der Waals surface area contributed by atoms with Gasteiger partial charge in [0.15, 0.2) is 5.70 Å². The average Bonchev–Trinajstić information content (AvgIpc) is 3.13. The number of benzene rings is 3. The van der Waals surface area contributed by atoms with Gasteiger partial charge >= 0.3 is 5.97 Å². The molecular formula is C24H17ClN2O5. The summed E-state index contributed by atoms with van der Waals surface area (Å²) in [5.41, 5.74) is 2.76. The minimum atomic E-state index is -0.594. The van der Waals surface area contributed by atoms with Gasteiger partial charge in [-0.05, 0) is 60.5 Å². The predicted octanol–water partition coefficient (Wildman–Crippen LogP) is 5.48. The molecule has 160 valence electrons. The predicted molar refractivity (Wildman–Crippen MR) is 121 cm³/mol. The molecule has 0 saturated heterocycles. The van der Waals surface area contributed by atoms with Crippen molar-refractivity contribution in [2.45, 2.75) is 13.5 Å². The van der Waals surface area contributed by atoms with Gasteiger partial charge in [-0.1, -0.05) is 35.9 Å². The van der Waals surface area contributed by atoms with E-state index in [0.29, 0.717) is 28.5 Å². The zero-order valence-corrected chi connectivity index (χ0v) is 17.7. The van der Waals surface area contributed by atoms with Crippen molar-refractivity contribution in [2.75, 3.05) is 0 Å². The molecule has 7 nitrogen and oxygen atoms in total. The van der Waals surface area contributed by atoms with Crippen LogP contribution in [-0.4, -0.2) is 16.8 Å². The van der Waals surface area contributed by atoms with E-state index in [2.05, 4.69) is 4.99 Å². The van der Waals surface area contributed by atoms with Crippen molar-refractivity contribution in [3.05, 3.63) is 110 Å². The van der Waals surface area contributed by atoms with Gasteiger partial charge in [0.2, 0.25) is 5.90 Å². The van der Waals surface area contributed by atoms with Crippen molar-refractivity contribution >= 4 is 35.2 Å². The molecule has 4 rings (SSSR count). The molecule has 0 unspecified atom stereocenters. The molecule has 0 aromatic heterocycles. The van der Waals surface area contributed by atoms with E-state index in [1.165, 1.54) is 12.1 Å². The number of aliphatic imine (C=N–C) groups is 1. The third kappa shape index (κ3) is 4.84. The molecule has 3 aromatic carbocycles. The summed E-state index contributed by atoms with van der Waals surface area (Å²) in [7, 11) is 0. The van der Waals surface area contributed by atoms with Gasteiger partial charge < -0.3 is 9.47 Å². The number of ether oxygens (including phenoxy) is 2. The topological polar surface area (TPSA) is 91.0 Å². The Morgan fingerprint density at radius 3 is 2.62 bits per heavy atom. The molecule has 0 fully saturated rings. The molecule has 0 aliphatic carbocycles. The molecule has 1 aliphatic rings. The quantitative estimate of drug-likeness (QED) is 0.215. The fourth-order valence-corrected chi connectivity index (χ4v) is 3.25. The number of nitro groups is 1. The van der Waals surface area contributed by atoms with Crippen LogP contribution < -0.4 is 4.74 Å². The number of esters is 1. The third-order valence-corrected chi connectivity index (χ3v) is 4.99. The summed E-state index contributed by atoms with van der Waals surface area (Å²) in [6.07, 6.45) is 1.60. The fraction of sp³-hybridized carbons (Fsp3) is 0.0833. The van der Waals surface area contributed by atoms with Crippen LogP contribution in [0.2, 0.25) is 5.02 Å². The second-order valence-electron chi connectivity index (χ2n) is 7.08. The van der Waals surface area contributed by atoms with Crippen LogP contribution in [0.25, 0.3) is 6.08 Å². The molecular weight excluding hydrogens is 432 g/mol. The number of cyclic esters (lactones) is 1. The zero-order chi connectivity index (χ0) is 22.7. The zero-order valence-electron chi connectivity index (χ0n) is 16.9. The maximum Gasteiger partial charge on any atom is 0.363 e. The van der Waals surface area contributed by atoms with Gasteiger partial charge in [-0.2, -0.15) is 0 Å². The standard InChI is InChI=1S/C24H17ClN2O5/c1-15-11-18(7-10-22(15)27(29)30)23-26-21(24(28)32-23)13-17-3-2-4-20(12-17)31-14-16-5-8-19(25)9-6-16/h2-13H,14H2,1H3/b21-13-. The van der Waals surface area contributed by atoms with E-state index >= 15 is 0 Å². The van der Waals surface area contributed by atoms with E-state index in [0.717, 1.165) is 11.1 Å². The van der Waals surface area contributed by atoms with Gasteiger partial charge in [0.25, 0.3) is 5.69 Å². The molecule has 0 atom stereocenters. The Bertz CT molecular complexity index is 1270. The number of rotatable bonds is 6. The number of nitro benzene ring substituents is 1. The van der Waals surface area contributed by atoms with Crippen molar-refractivity contribution in [2.24, 2.45) is 4.99 Å². The summed E-state index contributed by atoms with van der Waals surface area (Å²) in [4.78, 5) is 27.1. The summed E-state index contributed by atoms with van der Waals surface area (Å²) in [5, 5.41) is 11.7. The first-order valence-corrected chi connectivity index (χ1v) is 10.0. The van der Waals surface area contributed by atoms with Crippen molar-refractivity contribution in [1.29, 1.82) is 0 Å². The third-order valence-electron chi connectivity index (χ3n) is 4.74.